The van der Waals surface area contributed by atoms with Crippen LogP contribution >= 0.6 is 0 Å². The molecule has 0 unspecified atom stereocenters. The van der Waals surface area contributed by atoms with Crippen molar-refractivity contribution in [3.05, 3.63) is 36.0 Å². The Morgan fingerprint density at radius 2 is 2.11 bits per heavy atom. The lowest BCUT2D eigenvalue weighted by Crippen LogP contribution is -2.28. The number of carbonyl (C=O) groups excluding carboxylic acids is 1. The van der Waals surface area contributed by atoms with E-state index in [2.05, 4.69) is 15.5 Å². The van der Waals surface area contributed by atoms with E-state index >= 15 is 0 Å². The number of benzene rings is 1. The maximum atomic E-state index is 11.8. The molecular formula is C12H15N5O2. The number of para-hydroxylation sites is 1. The summed E-state index contributed by atoms with van der Waals surface area (Å²) >= 11 is 0. The van der Waals surface area contributed by atoms with Crippen LogP contribution < -0.4 is 11.1 Å². The van der Waals surface area contributed by atoms with Gasteiger partial charge in [-0.25, -0.2) is 0 Å². The van der Waals surface area contributed by atoms with Crippen molar-refractivity contribution in [3.63, 3.8) is 0 Å². The molecule has 3 N–H and O–H groups in total. The molecular weight excluding hydrogens is 246 g/mol. The van der Waals surface area contributed by atoms with E-state index in [4.69, 9.17) is 10.5 Å². The highest BCUT2D eigenvalue weighted by Crippen LogP contribution is 2.09. The largest absolute Gasteiger partial charge is 0.383 e. The van der Waals surface area contributed by atoms with Crippen LogP contribution in [0.2, 0.25) is 0 Å². The fraction of sp³-hybridized carbons (Fsp3) is 0.250. The summed E-state index contributed by atoms with van der Waals surface area (Å²) in [7, 11) is 1.56. The number of anilines is 1. The highest BCUT2D eigenvalue weighted by atomic mass is 16.5. The van der Waals surface area contributed by atoms with E-state index in [-0.39, 0.29) is 17.4 Å². The van der Waals surface area contributed by atoms with Gasteiger partial charge in [-0.1, -0.05) is 18.2 Å². The Morgan fingerprint density at radius 1 is 1.37 bits per heavy atom. The van der Waals surface area contributed by atoms with Crippen molar-refractivity contribution in [1.82, 2.24) is 20.3 Å². The Hall–Kier alpha value is -2.41. The topological polar surface area (TPSA) is 95.1 Å². The Bertz CT molecular complexity index is 553. The van der Waals surface area contributed by atoms with Crippen LogP contribution in [0.1, 0.15) is 10.5 Å². The van der Waals surface area contributed by atoms with Gasteiger partial charge in [-0.05, 0) is 12.1 Å². The van der Waals surface area contributed by atoms with Gasteiger partial charge in [0.25, 0.3) is 5.91 Å². The number of nitrogens with zero attached hydrogens (tertiary/aromatic N) is 3. The maximum absolute atomic E-state index is 11.8. The van der Waals surface area contributed by atoms with Crippen LogP contribution in [0, 0.1) is 0 Å². The van der Waals surface area contributed by atoms with E-state index in [9.17, 15) is 4.79 Å². The van der Waals surface area contributed by atoms with E-state index in [0.29, 0.717) is 13.2 Å². The zero-order valence-electron chi connectivity index (χ0n) is 10.5. The predicted octanol–water partition coefficient (Wildman–Crippen LogP) is 0.226. The van der Waals surface area contributed by atoms with Gasteiger partial charge >= 0.3 is 0 Å². The van der Waals surface area contributed by atoms with Gasteiger partial charge in [0.05, 0.1) is 12.3 Å². The number of aromatic nitrogens is 3. The van der Waals surface area contributed by atoms with E-state index < -0.39 is 0 Å². The van der Waals surface area contributed by atoms with E-state index in [1.165, 1.54) is 4.80 Å². The Labute approximate surface area is 110 Å². The fourth-order valence-corrected chi connectivity index (χ4v) is 1.51. The van der Waals surface area contributed by atoms with Crippen LogP contribution in [-0.2, 0) is 4.74 Å². The second-order valence-electron chi connectivity index (χ2n) is 3.81. The first-order chi connectivity index (χ1) is 9.22. The SMILES string of the molecule is COCCNC(=O)c1nn(-c2ccccc2)nc1N. The molecule has 0 saturated heterocycles. The van der Waals surface area contributed by atoms with E-state index in [1.807, 2.05) is 30.3 Å². The Balaban J connectivity index is 2.15. The number of ether oxygens (including phenoxy) is 1. The molecule has 7 nitrogen and oxygen atoms in total. The molecule has 19 heavy (non-hydrogen) atoms. The van der Waals surface area contributed by atoms with Crippen LogP contribution in [-0.4, -0.2) is 41.2 Å². The van der Waals surface area contributed by atoms with Gasteiger partial charge in [0.1, 0.15) is 0 Å². The third-order valence-electron chi connectivity index (χ3n) is 2.43. The van der Waals surface area contributed by atoms with Crippen LogP contribution in [0.3, 0.4) is 0 Å². The fourth-order valence-electron chi connectivity index (χ4n) is 1.51. The van der Waals surface area contributed by atoms with Crippen LogP contribution in [0.25, 0.3) is 5.69 Å². The molecule has 0 spiro atoms. The summed E-state index contributed by atoms with van der Waals surface area (Å²) in [4.78, 5) is 13.2. The molecule has 0 radical (unpaired) electrons. The second-order valence-corrected chi connectivity index (χ2v) is 3.81. The minimum atomic E-state index is -0.364. The van der Waals surface area contributed by atoms with E-state index in [0.717, 1.165) is 5.69 Å². The quantitative estimate of drug-likeness (QED) is 0.751. The summed E-state index contributed by atoms with van der Waals surface area (Å²) in [5.41, 5.74) is 6.55. The standard InChI is InChI=1S/C12H15N5O2/c1-19-8-7-14-12(18)10-11(13)16-17(15-10)9-5-3-2-4-6-9/h2-6H,7-8H2,1H3,(H2,13,16)(H,14,18). The number of amides is 1. The minimum Gasteiger partial charge on any atom is -0.383 e. The molecule has 1 heterocycles. The molecule has 0 bridgehead atoms. The third kappa shape index (κ3) is 3.08. The average Bonchev–Trinajstić information content (AvgIpc) is 2.82. The third-order valence-corrected chi connectivity index (χ3v) is 2.43. The first-order valence-electron chi connectivity index (χ1n) is 5.77. The predicted molar refractivity (Wildman–Crippen MR) is 70.0 cm³/mol. The van der Waals surface area contributed by atoms with E-state index in [1.54, 1.807) is 7.11 Å². The van der Waals surface area contributed by atoms with Crippen molar-refractivity contribution in [2.24, 2.45) is 0 Å². The van der Waals surface area contributed by atoms with Crippen LogP contribution in [0.15, 0.2) is 30.3 Å². The van der Waals surface area contributed by atoms with Crippen molar-refractivity contribution in [2.75, 3.05) is 26.0 Å². The highest BCUT2D eigenvalue weighted by Gasteiger charge is 2.16. The van der Waals surface area contributed by atoms with Gasteiger partial charge in [-0.2, -0.15) is 0 Å². The molecule has 0 aliphatic carbocycles. The second kappa shape index (κ2) is 5.96. The molecule has 0 aliphatic heterocycles. The smallest absolute Gasteiger partial charge is 0.275 e. The number of hydrogen-bond donors (Lipinski definition) is 2. The van der Waals surface area contributed by atoms with Gasteiger partial charge in [0, 0.05) is 13.7 Å². The zero-order valence-corrected chi connectivity index (χ0v) is 10.5. The first-order valence-corrected chi connectivity index (χ1v) is 5.77. The van der Waals surface area contributed by atoms with Crippen molar-refractivity contribution in [1.29, 1.82) is 0 Å². The molecule has 1 amide bonds. The maximum Gasteiger partial charge on any atom is 0.275 e. The lowest BCUT2D eigenvalue weighted by Gasteiger charge is -2.01. The molecule has 1 aromatic heterocycles. The van der Waals surface area contributed by atoms with Gasteiger partial charge in [-0.3, -0.25) is 4.79 Å². The van der Waals surface area contributed by atoms with Gasteiger partial charge in [-0.15, -0.1) is 15.0 Å². The summed E-state index contributed by atoms with van der Waals surface area (Å²) in [5, 5.41) is 10.8. The molecule has 0 fully saturated rings. The Morgan fingerprint density at radius 3 is 2.79 bits per heavy atom. The number of carbonyl (C=O) groups is 1. The normalized spacial score (nSPS) is 10.4. The average molecular weight is 261 g/mol. The number of rotatable bonds is 5. The number of nitrogen functional groups attached to an aromatic ring is 1. The molecule has 1 aromatic carbocycles. The lowest BCUT2D eigenvalue weighted by atomic mass is 10.3. The first kappa shape index (κ1) is 13.0. The number of hydrogen-bond acceptors (Lipinski definition) is 5. The molecule has 0 saturated carbocycles. The summed E-state index contributed by atoms with van der Waals surface area (Å²) in [6.45, 7) is 0.825. The number of methoxy groups -OCH3 is 1. The van der Waals surface area contributed by atoms with Crippen LogP contribution in [0.4, 0.5) is 5.82 Å². The van der Waals surface area contributed by atoms with Crippen LogP contribution in [0.5, 0.6) is 0 Å². The van der Waals surface area contributed by atoms with Crippen molar-refractivity contribution < 1.29 is 9.53 Å². The molecule has 0 aliphatic rings. The molecule has 2 aromatic rings. The number of nitrogens with one attached hydrogen (secondary N) is 1. The summed E-state index contributed by atoms with van der Waals surface area (Å²) in [5.74, 6) is -0.268. The van der Waals surface area contributed by atoms with Crippen molar-refractivity contribution in [2.45, 2.75) is 0 Å². The van der Waals surface area contributed by atoms with Gasteiger partial charge in [0.15, 0.2) is 11.5 Å². The number of nitrogens with two attached hydrogens (primary N) is 1. The summed E-state index contributed by atoms with van der Waals surface area (Å²) in [6, 6.07) is 9.24. The lowest BCUT2D eigenvalue weighted by molar-refractivity contribution is 0.0932. The zero-order chi connectivity index (χ0) is 13.7. The molecule has 7 heteroatoms. The summed E-state index contributed by atoms with van der Waals surface area (Å²) in [6.07, 6.45) is 0. The molecule has 2 rings (SSSR count). The highest BCUT2D eigenvalue weighted by molar-refractivity contribution is 5.96. The van der Waals surface area contributed by atoms with Crippen molar-refractivity contribution in [3.8, 4) is 5.69 Å². The Kier molecular flexibility index (Phi) is 4.09. The van der Waals surface area contributed by atoms with Gasteiger partial charge in [0.2, 0.25) is 0 Å². The molecule has 0 atom stereocenters. The molecule has 100 valence electrons. The monoisotopic (exact) mass is 261 g/mol. The van der Waals surface area contributed by atoms with Gasteiger partial charge < -0.3 is 15.8 Å². The minimum absolute atomic E-state index is 0.0961. The summed E-state index contributed by atoms with van der Waals surface area (Å²) < 4.78 is 4.85. The van der Waals surface area contributed by atoms with Crippen molar-refractivity contribution >= 4 is 11.7 Å².